The van der Waals surface area contributed by atoms with Gasteiger partial charge in [-0.05, 0) is 40.0 Å². The summed E-state index contributed by atoms with van der Waals surface area (Å²) in [6.45, 7) is 7.01. The Labute approximate surface area is 109 Å². The number of ether oxygens (including phenoxy) is 1. The number of likely N-dealkylation sites (tertiary alicyclic amines) is 1. The highest BCUT2D eigenvalue weighted by molar-refractivity contribution is 5.68. The van der Waals surface area contributed by atoms with E-state index in [4.69, 9.17) is 4.74 Å². The Morgan fingerprint density at radius 3 is 2.67 bits per heavy atom. The highest BCUT2D eigenvalue weighted by Crippen LogP contribution is 2.44. The fourth-order valence-electron chi connectivity index (χ4n) is 3.14. The van der Waals surface area contributed by atoms with Gasteiger partial charge < -0.3 is 14.7 Å². The molecule has 1 heterocycles. The molecule has 4 nitrogen and oxygen atoms in total. The molecule has 2 atom stereocenters. The summed E-state index contributed by atoms with van der Waals surface area (Å²) in [6, 6.07) is 0. The van der Waals surface area contributed by atoms with Gasteiger partial charge in [0, 0.05) is 18.5 Å². The van der Waals surface area contributed by atoms with E-state index in [1.165, 1.54) is 6.42 Å². The first-order valence-corrected chi connectivity index (χ1v) is 6.98. The number of hydrogen-bond donors (Lipinski definition) is 1. The van der Waals surface area contributed by atoms with Crippen LogP contribution in [0.5, 0.6) is 0 Å². The van der Waals surface area contributed by atoms with Gasteiger partial charge in [-0.25, -0.2) is 4.79 Å². The quantitative estimate of drug-likeness (QED) is 0.723. The molecule has 4 heteroatoms. The molecule has 1 saturated carbocycles. The van der Waals surface area contributed by atoms with E-state index in [2.05, 4.69) is 0 Å². The maximum absolute atomic E-state index is 12.0. The zero-order chi connectivity index (χ0) is 13.4. The Hall–Kier alpha value is -0.770. The van der Waals surface area contributed by atoms with Crippen LogP contribution >= 0.6 is 0 Å². The van der Waals surface area contributed by atoms with Crippen LogP contribution in [0, 0.1) is 5.41 Å². The molecule has 0 aromatic carbocycles. The largest absolute Gasteiger partial charge is 0.444 e. The van der Waals surface area contributed by atoms with Crippen molar-refractivity contribution in [3.63, 3.8) is 0 Å². The number of hydrogen-bond acceptors (Lipinski definition) is 3. The molecular weight excluding hydrogens is 230 g/mol. The average molecular weight is 255 g/mol. The monoisotopic (exact) mass is 255 g/mol. The molecule has 2 fully saturated rings. The number of amides is 1. The summed E-state index contributed by atoms with van der Waals surface area (Å²) in [5, 5.41) is 10.2. The molecule has 1 saturated heterocycles. The Morgan fingerprint density at radius 1 is 1.33 bits per heavy atom. The summed E-state index contributed by atoms with van der Waals surface area (Å²) in [7, 11) is 0. The lowest BCUT2D eigenvalue weighted by Gasteiger charge is -2.38. The minimum Gasteiger partial charge on any atom is -0.444 e. The van der Waals surface area contributed by atoms with Crippen molar-refractivity contribution in [3.05, 3.63) is 0 Å². The first-order valence-electron chi connectivity index (χ1n) is 6.98. The maximum atomic E-state index is 12.0. The molecule has 104 valence electrons. The third-order valence-corrected chi connectivity index (χ3v) is 4.15. The van der Waals surface area contributed by atoms with Crippen LogP contribution < -0.4 is 0 Å². The number of carbonyl (C=O) groups excluding carboxylic acids is 1. The number of aliphatic hydroxyl groups excluding tert-OH is 1. The van der Waals surface area contributed by atoms with E-state index in [-0.39, 0.29) is 17.6 Å². The van der Waals surface area contributed by atoms with Crippen LogP contribution in [-0.4, -0.2) is 40.9 Å². The van der Waals surface area contributed by atoms with Crippen molar-refractivity contribution >= 4 is 6.09 Å². The van der Waals surface area contributed by atoms with E-state index in [9.17, 15) is 9.90 Å². The van der Waals surface area contributed by atoms with Gasteiger partial charge in [0.15, 0.2) is 0 Å². The molecule has 1 aliphatic heterocycles. The van der Waals surface area contributed by atoms with E-state index in [1.807, 2.05) is 20.8 Å². The molecule has 2 aliphatic rings. The Balaban J connectivity index is 1.97. The highest BCUT2D eigenvalue weighted by atomic mass is 16.6. The summed E-state index contributed by atoms with van der Waals surface area (Å²) in [6.07, 6.45) is 4.60. The lowest BCUT2D eigenvalue weighted by Crippen LogP contribution is -2.42. The molecule has 1 spiro atoms. The molecular formula is C14H25NO3. The predicted octanol–water partition coefficient (Wildman–Crippen LogP) is 2.55. The van der Waals surface area contributed by atoms with Gasteiger partial charge in [0.25, 0.3) is 0 Å². The fourth-order valence-corrected chi connectivity index (χ4v) is 3.14. The van der Waals surface area contributed by atoms with Gasteiger partial charge in [0.2, 0.25) is 0 Å². The van der Waals surface area contributed by atoms with Gasteiger partial charge in [-0.2, -0.15) is 0 Å². The van der Waals surface area contributed by atoms with Crippen LogP contribution in [0.15, 0.2) is 0 Å². The number of nitrogens with zero attached hydrogens (tertiary/aromatic N) is 1. The molecule has 1 N–H and O–H groups in total. The van der Waals surface area contributed by atoms with Crippen molar-refractivity contribution in [3.8, 4) is 0 Å². The molecule has 18 heavy (non-hydrogen) atoms. The van der Waals surface area contributed by atoms with Crippen LogP contribution in [0.3, 0.4) is 0 Å². The summed E-state index contributed by atoms with van der Waals surface area (Å²) in [5.41, 5.74) is -0.507. The highest BCUT2D eigenvalue weighted by Gasteiger charge is 2.46. The Kier molecular flexibility index (Phi) is 3.58. The summed E-state index contributed by atoms with van der Waals surface area (Å²) < 4.78 is 5.40. The summed E-state index contributed by atoms with van der Waals surface area (Å²) >= 11 is 0. The van der Waals surface area contributed by atoms with Crippen molar-refractivity contribution in [2.24, 2.45) is 5.41 Å². The van der Waals surface area contributed by atoms with Crippen molar-refractivity contribution in [1.82, 2.24) is 4.90 Å². The second-order valence-corrected chi connectivity index (χ2v) is 6.78. The van der Waals surface area contributed by atoms with Crippen LogP contribution in [0.1, 0.15) is 52.9 Å². The molecule has 0 aromatic heterocycles. The molecule has 0 unspecified atom stereocenters. The topological polar surface area (TPSA) is 49.8 Å². The van der Waals surface area contributed by atoms with E-state index in [0.717, 1.165) is 25.7 Å². The van der Waals surface area contributed by atoms with Crippen molar-refractivity contribution in [2.45, 2.75) is 64.6 Å². The summed E-state index contributed by atoms with van der Waals surface area (Å²) in [4.78, 5) is 13.8. The standard InChI is InChI=1S/C14H25NO3/c1-13(2,3)18-12(17)15-9-8-14(10-15)7-5-4-6-11(14)16/h11,16H,4-10H2,1-3H3/t11-,14+/m1/s1. The van der Waals surface area contributed by atoms with Gasteiger partial charge in [0.05, 0.1) is 6.10 Å². The Bertz CT molecular complexity index is 323. The second kappa shape index (κ2) is 4.72. The van der Waals surface area contributed by atoms with Gasteiger partial charge in [-0.3, -0.25) is 0 Å². The predicted molar refractivity (Wildman–Crippen MR) is 69.3 cm³/mol. The zero-order valence-electron chi connectivity index (χ0n) is 11.7. The Morgan fingerprint density at radius 2 is 2.06 bits per heavy atom. The number of carbonyl (C=O) groups is 1. The van der Waals surface area contributed by atoms with Crippen LogP contribution in [-0.2, 0) is 4.74 Å². The van der Waals surface area contributed by atoms with E-state index in [1.54, 1.807) is 4.90 Å². The van der Waals surface area contributed by atoms with Gasteiger partial charge >= 0.3 is 6.09 Å². The minimum absolute atomic E-state index is 0.0604. The van der Waals surface area contributed by atoms with Gasteiger partial charge in [-0.15, -0.1) is 0 Å². The molecule has 0 aromatic rings. The average Bonchev–Trinajstić information content (AvgIpc) is 2.66. The summed E-state index contributed by atoms with van der Waals surface area (Å²) in [5.74, 6) is 0. The van der Waals surface area contributed by atoms with Crippen LogP contribution in [0.25, 0.3) is 0 Å². The van der Waals surface area contributed by atoms with Gasteiger partial charge in [-0.1, -0.05) is 12.8 Å². The lowest BCUT2D eigenvalue weighted by atomic mass is 9.71. The molecule has 1 amide bonds. The number of aliphatic hydroxyl groups is 1. The van der Waals surface area contributed by atoms with Crippen LogP contribution in [0.2, 0.25) is 0 Å². The second-order valence-electron chi connectivity index (χ2n) is 6.78. The molecule has 0 radical (unpaired) electrons. The molecule has 2 rings (SSSR count). The third-order valence-electron chi connectivity index (χ3n) is 4.15. The van der Waals surface area contributed by atoms with Crippen molar-refractivity contribution < 1.29 is 14.6 Å². The fraction of sp³-hybridized carbons (Fsp3) is 0.929. The van der Waals surface area contributed by atoms with Crippen molar-refractivity contribution in [2.75, 3.05) is 13.1 Å². The van der Waals surface area contributed by atoms with Crippen molar-refractivity contribution in [1.29, 1.82) is 0 Å². The minimum atomic E-state index is -0.446. The van der Waals surface area contributed by atoms with E-state index >= 15 is 0 Å². The lowest BCUT2D eigenvalue weighted by molar-refractivity contribution is -0.0107. The molecule has 0 bridgehead atoms. The number of rotatable bonds is 0. The van der Waals surface area contributed by atoms with Crippen LogP contribution in [0.4, 0.5) is 4.79 Å². The third kappa shape index (κ3) is 2.79. The van der Waals surface area contributed by atoms with E-state index < -0.39 is 5.60 Å². The SMILES string of the molecule is CC(C)(C)OC(=O)N1CC[C@@]2(CCCC[C@H]2O)C1. The normalized spacial score (nSPS) is 32.9. The zero-order valence-corrected chi connectivity index (χ0v) is 11.7. The smallest absolute Gasteiger partial charge is 0.410 e. The maximum Gasteiger partial charge on any atom is 0.410 e. The first-order chi connectivity index (χ1) is 8.32. The molecule has 1 aliphatic carbocycles. The van der Waals surface area contributed by atoms with E-state index in [0.29, 0.717) is 13.1 Å². The van der Waals surface area contributed by atoms with Gasteiger partial charge in [0.1, 0.15) is 5.60 Å². The first kappa shape index (κ1) is 13.7.